The van der Waals surface area contributed by atoms with Crippen molar-refractivity contribution < 1.29 is 0 Å². The monoisotopic (exact) mass is 195 g/mol. The van der Waals surface area contributed by atoms with E-state index in [9.17, 15) is 0 Å². The molecule has 1 aliphatic carbocycles. The minimum Gasteiger partial charge on any atom is -0.314 e. The van der Waals surface area contributed by atoms with Gasteiger partial charge in [0.2, 0.25) is 0 Å². The fourth-order valence-electron chi connectivity index (χ4n) is 2.40. The van der Waals surface area contributed by atoms with Crippen molar-refractivity contribution in [3.8, 4) is 0 Å². The van der Waals surface area contributed by atoms with Crippen molar-refractivity contribution in [3.63, 3.8) is 0 Å². The van der Waals surface area contributed by atoms with E-state index in [1.165, 1.54) is 45.1 Å². The Morgan fingerprint density at radius 2 is 2.29 bits per heavy atom. The minimum atomic E-state index is 0.804. The van der Waals surface area contributed by atoms with Crippen molar-refractivity contribution in [1.29, 1.82) is 0 Å². The second kappa shape index (κ2) is 7.05. The van der Waals surface area contributed by atoms with Crippen LogP contribution in [-0.2, 0) is 0 Å². The van der Waals surface area contributed by atoms with E-state index < -0.39 is 0 Å². The van der Waals surface area contributed by atoms with Gasteiger partial charge in [0, 0.05) is 6.04 Å². The van der Waals surface area contributed by atoms with Gasteiger partial charge in [-0.15, -0.1) is 6.58 Å². The van der Waals surface area contributed by atoms with Crippen LogP contribution in [0.15, 0.2) is 12.7 Å². The maximum Gasteiger partial charge on any atom is 0.00697 e. The van der Waals surface area contributed by atoms with Crippen LogP contribution in [-0.4, -0.2) is 12.6 Å². The third kappa shape index (κ3) is 4.28. The lowest BCUT2D eigenvalue weighted by molar-refractivity contribution is 0.279. The van der Waals surface area contributed by atoms with Crippen molar-refractivity contribution >= 4 is 0 Å². The smallest absolute Gasteiger partial charge is 0.00697 e. The highest BCUT2D eigenvalue weighted by atomic mass is 14.9. The van der Waals surface area contributed by atoms with E-state index in [4.69, 9.17) is 0 Å². The van der Waals surface area contributed by atoms with Crippen molar-refractivity contribution in [1.82, 2.24) is 5.32 Å². The van der Waals surface area contributed by atoms with Crippen LogP contribution in [0.1, 0.15) is 51.9 Å². The largest absolute Gasteiger partial charge is 0.314 e. The molecule has 0 bridgehead atoms. The van der Waals surface area contributed by atoms with Gasteiger partial charge in [-0.25, -0.2) is 0 Å². The van der Waals surface area contributed by atoms with Gasteiger partial charge in [-0.2, -0.15) is 0 Å². The number of nitrogens with one attached hydrogen (secondary N) is 1. The second-order valence-corrected chi connectivity index (χ2v) is 4.52. The highest BCUT2D eigenvalue weighted by molar-refractivity contribution is 4.77. The molecule has 0 radical (unpaired) electrons. The molecule has 82 valence electrons. The molecular formula is C13H25N. The zero-order valence-corrected chi connectivity index (χ0v) is 9.60. The Labute approximate surface area is 89.0 Å². The molecule has 2 unspecified atom stereocenters. The molecule has 14 heavy (non-hydrogen) atoms. The number of allylic oxidation sites excluding steroid dienone is 1. The molecule has 0 amide bonds. The lowest BCUT2D eigenvalue weighted by Crippen LogP contribution is -2.34. The van der Waals surface area contributed by atoms with E-state index >= 15 is 0 Å². The molecule has 1 N–H and O–H groups in total. The van der Waals surface area contributed by atoms with Crippen LogP contribution in [0, 0.1) is 5.92 Å². The predicted octanol–water partition coefficient (Wildman–Crippen LogP) is 3.51. The van der Waals surface area contributed by atoms with E-state index in [0.29, 0.717) is 0 Å². The van der Waals surface area contributed by atoms with Gasteiger partial charge >= 0.3 is 0 Å². The predicted molar refractivity (Wildman–Crippen MR) is 63.5 cm³/mol. The van der Waals surface area contributed by atoms with Gasteiger partial charge in [0.1, 0.15) is 0 Å². The van der Waals surface area contributed by atoms with E-state index in [1.807, 2.05) is 6.08 Å². The first-order valence-electron chi connectivity index (χ1n) is 6.21. The van der Waals surface area contributed by atoms with Crippen LogP contribution < -0.4 is 5.32 Å². The molecule has 1 nitrogen and oxygen atoms in total. The lowest BCUT2D eigenvalue weighted by Gasteiger charge is -2.29. The van der Waals surface area contributed by atoms with Crippen molar-refractivity contribution in [3.05, 3.63) is 12.7 Å². The SMILES string of the molecule is C=CCCCNC1CCCC(CC)C1. The molecule has 2 atom stereocenters. The number of rotatable bonds is 6. The van der Waals surface area contributed by atoms with Crippen molar-refractivity contribution in [2.24, 2.45) is 5.92 Å². The van der Waals surface area contributed by atoms with Gasteiger partial charge in [-0.05, 0) is 38.1 Å². The first kappa shape index (κ1) is 11.8. The highest BCUT2D eigenvalue weighted by Crippen LogP contribution is 2.26. The zero-order chi connectivity index (χ0) is 10.2. The number of hydrogen-bond acceptors (Lipinski definition) is 1. The van der Waals surface area contributed by atoms with Crippen molar-refractivity contribution in [2.75, 3.05) is 6.54 Å². The third-order valence-electron chi connectivity index (χ3n) is 3.38. The Bertz CT molecular complexity index is 153. The fraction of sp³-hybridized carbons (Fsp3) is 0.846. The Morgan fingerprint density at radius 3 is 3.00 bits per heavy atom. The van der Waals surface area contributed by atoms with Gasteiger partial charge in [0.25, 0.3) is 0 Å². The van der Waals surface area contributed by atoms with Gasteiger partial charge in [0.15, 0.2) is 0 Å². The number of unbranched alkanes of at least 4 members (excludes halogenated alkanes) is 1. The molecule has 0 heterocycles. The second-order valence-electron chi connectivity index (χ2n) is 4.52. The summed E-state index contributed by atoms with van der Waals surface area (Å²) >= 11 is 0. The Hall–Kier alpha value is -0.300. The zero-order valence-electron chi connectivity index (χ0n) is 9.60. The quantitative estimate of drug-likeness (QED) is 0.505. The van der Waals surface area contributed by atoms with Gasteiger partial charge in [-0.1, -0.05) is 32.3 Å². The minimum absolute atomic E-state index is 0.804. The summed E-state index contributed by atoms with van der Waals surface area (Å²) in [7, 11) is 0. The topological polar surface area (TPSA) is 12.0 Å². The van der Waals surface area contributed by atoms with E-state index in [1.54, 1.807) is 0 Å². The van der Waals surface area contributed by atoms with E-state index in [-0.39, 0.29) is 0 Å². The summed E-state index contributed by atoms with van der Waals surface area (Å²) in [6.45, 7) is 7.24. The summed E-state index contributed by atoms with van der Waals surface area (Å²) in [4.78, 5) is 0. The highest BCUT2D eigenvalue weighted by Gasteiger charge is 2.19. The van der Waals surface area contributed by atoms with Crippen molar-refractivity contribution in [2.45, 2.75) is 57.9 Å². The normalized spacial score (nSPS) is 27.5. The molecular weight excluding hydrogens is 170 g/mol. The van der Waals surface area contributed by atoms with Crippen LogP contribution in [0.25, 0.3) is 0 Å². The average Bonchev–Trinajstić information content (AvgIpc) is 2.25. The molecule has 1 aliphatic rings. The van der Waals surface area contributed by atoms with E-state index in [2.05, 4.69) is 18.8 Å². The Kier molecular flexibility index (Phi) is 5.93. The maximum absolute atomic E-state index is 3.74. The van der Waals surface area contributed by atoms with Crippen LogP contribution in [0.3, 0.4) is 0 Å². The molecule has 0 aliphatic heterocycles. The number of hydrogen-bond donors (Lipinski definition) is 1. The molecule has 1 rings (SSSR count). The molecule has 0 spiro atoms. The first-order valence-corrected chi connectivity index (χ1v) is 6.21. The van der Waals surface area contributed by atoms with Crippen LogP contribution >= 0.6 is 0 Å². The molecule has 1 fully saturated rings. The Morgan fingerprint density at radius 1 is 1.43 bits per heavy atom. The lowest BCUT2D eigenvalue weighted by atomic mass is 9.84. The summed E-state index contributed by atoms with van der Waals surface area (Å²) in [5, 5.41) is 3.67. The van der Waals surface area contributed by atoms with Crippen LogP contribution in [0.5, 0.6) is 0 Å². The summed E-state index contributed by atoms with van der Waals surface area (Å²) in [5.41, 5.74) is 0. The van der Waals surface area contributed by atoms with Crippen LogP contribution in [0.2, 0.25) is 0 Å². The fourth-order valence-corrected chi connectivity index (χ4v) is 2.40. The molecule has 0 aromatic heterocycles. The maximum atomic E-state index is 3.74. The van der Waals surface area contributed by atoms with Gasteiger partial charge in [0.05, 0.1) is 0 Å². The Balaban J connectivity index is 2.08. The molecule has 1 saturated carbocycles. The van der Waals surface area contributed by atoms with E-state index in [0.717, 1.165) is 18.4 Å². The third-order valence-corrected chi connectivity index (χ3v) is 3.38. The van der Waals surface area contributed by atoms with Gasteiger partial charge in [-0.3, -0.25) is 0 Å². The molecule has 0 aromatic carbocycles. The summed E-state index contributed by atoms with van der Waals surface area (Å²) in [6, 6.07) is 0.804. The molecule has 0 saturated heterocycles. The first-order chi connectivity index (χ1) is 6.86. The summed E-state index contributed by atoms with van der Waals surface area (Å²) in [5.74, 6) is 0.987. The van der Waals surface area contributed by atoms with Gasteiger partial charge < -0.3 is 5.32 Å². The summed E-state index contributed by atoms with van der Waals surface area (Å²) < 4.78 is 0. The molecule has 1 heteroatoms. The average molecular weight is 195 g/mol. The van der Waals surface area contributed by atoms with Crippen LogP contribution in [0.4, 0.5) is 0 Å². The summed E-state index contributed by atoms with van der Waals surface area (Å²) in [6.07, 6.45) is 11.5. The molecule has 0 aromatic rings. The standard InChI is InChI=1S/C13H25N/c1-3-5-6-10-14-13-9-7-8-12(4-2)11-13/h3,12-14H,1,4-11H2,2H3.